The third-order valence-electron chi connectivity index (χ3n) is 3.41. The van der Waals surface area contributed by atoms with Gasteiger partial charge in [-0.25, -0.2) is 0 Å². The van der Waals surface area contributed by atoms with Gasteiger partial charge in [0, 0.05) is 20.0 Å². The molecule has 0 bridgehead atoms. The van der Waals surface area contributed by atoms with E-state index in [4.69, 9.17) is 11.0 Å². The molecule has 1 heterocycles. The highest BCUT2D eigenvalue weighted by atomic mass is 16.2. The second kappa shape index (κ2) is 6.72. The molecule has 2 rings (SSSR count). The lowest BCUT2D eigenvalue weighted by Gasteiger charge is -2.20. The molecule has 1 aromatic rings. The number of carbonyl (C=O) groups is 2. The summed E-state index contributed by atoms with van der Waals surface area (Å²) in [5.41, 5.74) is 6.40. The molecular weight excluding hydrogens is 282 g/mol. The molecule has 1 aromatic carbocycles. The van der Waals surface area contributed by atoms with E-state index >= 15 is 0 Å². The van der Waals surface area contributed by atoms with Gasteiger partial charge in [-0.2, -0.15) is 10.4 Å². The molecule has 0 aliphatic carbocycles. The predicted octanol–water partition coefficient (Wildman–Crippen LogP) is 0.479. The fourth-order valence-electron chi connectivity index (χ4n) is 2.22. The van der Waals surface area contributed by atoms with Crippen LogP contribution >= 0.6 is 0 Å². The van der Waals surface area contributed by atoms with Gasteiger partial charge in [-0.05, 0) is 12.1 Å². The summed E-state index contributed by atoms with van der Waals surface area (Å²) < 4.78 is 0. The summed E-state index contributed by atoms with van der Waals surface area (Å²) in [5.74, 6) is -0.824. The molecule has 0 saturated heterocycles. The summed E-state index contributed by atoms with van der Waals surface area (Å²) in [6.07, 6.45) is 0.414. The first kappa shape index (κ1) is 15.5. The Hall–Kier alpha value is -2.88. The molecule has 2 N–H and O–H groups in total. The zero-order valence-corrected chi connectivity index (χ0v) is 12.3. The summed E-state index contributed by atoms with van der Waals surface area (Å²) in [6.45, 7) is 0.320. The number of amides is 2. The van der Waals surface area contributed by atoms with E-state index < -0.39 is 11.9 Å². The first-order valence-corrected chi connectivity index (χ1v) is 6.88. The summed E-state index contributed by atoms with van der Waals surface area (Å²) in [5, 5.41) is 14.3. The number of nitrogens with zero attached hydrogens (tertiary/aromatic N) is 4. The summed E-state index contributed by atoms with van der Waals surface area (Å²) in [7, 11) is 1.60. The average molecular weight is 299 g/mol. The number of nitrogens with two attached hydrogens (primary N) is 1. The van der Waals surface area contributed by atoms with Crippen LogP contribution in [0.4, 0.5) is 5.69 Å². The van der Waals surface area contributed by atoms with E-state index in [1.54, 1.807) is 19.2 Å². The number of carbonyl (C=O) groups excluding carboxylic acids is 2. The van der Waals surface area contributed by atoms with Crippen molar-refractivity contribution in [2.24, 2.45) is 10.8 Å². The van der Waals surface area contributed by atoms with Gasteiger partial charge in [-0.3, -0.25) is 14.6 Å². The monoisotopic (exact) mass is 299 g/mol. The van der Waals surface area contributed by atoms with Crippen molar-refractivity contribution in [2.45, 2.75) is 18.9 Å². The van der Waals surface area contributed by atoms with Crippen molar-refractivity contribution in [1.82, 2.24) is 4.90 Å². The van der Waals surface area contributed by atoms with E-state index in [9.17, 15) is 9.59 Å². The maximum absolute atomic E-state index is 12.3. The molecule has 0 spiro atoms. The lowest BCUT2D eigenvalue weighted by molar-refractivity contribution is -0.122. The lowest BCUT2D eigenvalue weighted by Crippen LogP contribution is -2.40. The molecular formula is C15H17N5O2. The van der Waals surface area contributed by atoms with Crippen molar-refractivity contribution in [1.29, 1.82) is 5.26 Å². The molecule has 7 heteroatoms. The van der Waals surface area contributed by atoms with Crippen molar-refractivity contribution in [2.75, 3.05) is 18.6 Å². The zero-order chi connectivity index (χ0) is 16.1. The van der Waals surface area contributed by atoms with Crippen LogP contribution in [0.3, 0.4) is 0 Å². The van der Waals surface area contributed by atoms with Crippen LogP contribution in [0.25, 0.3) is 0 Å². The number of para-hydroxylation sites is 1. The van der Waals surface area contributed by atoms with E-state index in [-0.39, 0.29) is 24.5 Å². The van der Waals surface area contributed by atoms with E-state index in [0.29, 0.717) is 12.2 Å². The third-order valence-corrected chi connectivity index (χ3v) is 3.41. The quantitative estimate of drug-likeness (QED) is 0.854. The minimum Gasteiger partial charge on any atom is -0.368 e. The molecule has 22 heavy (non-hydrogen) atoms. The number of benzene rings is 1. The first-order valence-electron chi connectivity index (χ1n) is 6.88. The Kier molecular flexibility index (Phi) is 4.73. The highest BCUT2D eigenvalue weighted by Gasteiger charge is 2.35. The SMILES string of the molecule is CN(CCC#N)C(=O)C1=NN(c2ccccc2)C(C(N)=O)C1. The zero-order valence-electron chi connectivity index (χ0n) is 12.3. The molecule has 1 aliphatic heterocycles. The average Bonchev–Trinajstić information content (AvgIpc) is 2.98. The third kappa shape index (κ3) is 3.23. The number of anilines is 1. The van der Waals surface area contributed by atoms with Gasteiger partial charge in [0.2, 0.25) is 5.91 Å². The number of rotatable bonds is 5. The Bertz CT molecular complexity index is 635. The van der Waals surface area contributed by atoms with Crippen molar-refractivity contribution in [3.05, 3.63) is 30.3 Å². The Morgan fingerprint density at radius 1 is 1.45 bits per heavy atom. The van der Waals surface area contributed by atoms with Gasteiger partial charge in [0.25, 0.3) is 5.91 Å². The standard InChI is InChI=1S/C15H17N5O2/c1-19(9-5-8-16)15(22)12-10-13(14(17)21)20(18-12)11-6-3-2-4-7-11/h2-4,6-7,13H,5,9-10H2,1H3,(H2,17,21). The van der Waals surface area contributed by atoms with Crippen molar-refractivity contribution in [3.8, 4) is 6.07 Å². The predicted molar refractivity (Wildman–Crippen MR) is 81.8 cm³/mol. The molecule has 114 valence electrons. The minimum absolute atomic E-state index is 0.167. The molecule has 7 nitrogen and oxygen atoms in total. The van der Waals surface area contributed by atoms with Gasteiger partial charge in [-0.15, -0.1) is 0 Å². The Labute approximate surface area is 128 Å². The number of hydrogen-bond donors (Lipinski definition) is 1. The number of hydrazone groups is 1. The lowest BCUT2D eigenvalue weighted by atomic mass is 10.1. The fourth-order valence-corrected chi connectivity index (χ4v) is 2.22. The van der Waals surface area contributed by atoms with Gasteiger partial charge >= 0.3 is 0 Å². The van der Waals surface area contributed by atoms with Crippen LogP contribution in [-0.4, -0.2) is 42.1 Å². The molecule has 1 atom stereocenters. The van der Waals surface area contributed by atoms with Crippen LogP contribution in [-0.2, 0) is 9.59 Å². The molecule has 2 amide bonds. The van der Waals surface area contributed by atoms with Gasteiger partial charge in [0.05, 0.1) is 18.2 Å². The first-order chi connectivity index (χ1) is 10.5. The van der Waals surface area contributed by atoms with Crippen molar-refractivity contribution in [3.63, 3.8) is 0 Å². The van der Waals surface area contributed by atoms with Crippen LogP contribution in [0, 0.1) is 11.3 Å². The normalized spacial score (nSPS) is 16.8. The van der Waals surface area contributed by atoms with Gasteiger partial charge in [0.1, 0.15) is 11.8 Å². The van der Waals surface area contributed by atoms with Gasteiger partial charge in [0.15, 0.2) is 0 Å². The van der Waals surface area contributed by atoms with E-state index in [1.807, 2.05) is 24.3 Å². The molecule has 0 aromatic heterocycles. The maximum atomic E-state index is 12.3. The van der Waals surface area contributed by atoms with Gasteiger partial charge in [-0.1, -0.05) is 18.2 Å². The fraction of sp³-hybridized carbons (Fsp3) is 0.333. The van der Waals surface area contributed by atoms with Crippen LogP contribution in [0.15, 0.2) is 35.4 Å². The summed E-state index contributed by atoms with van der Waals surface area (Å²) in [6, 6.07) is 10.4. The number of nitriles is 1. The Morgan fingerprint density at radius 2 is 2.14 bits per heavy atom. The molecule has 0 fully saturated rings. The van der Waals surface area contributed by atoms with Gasteiger partial charge < -0.3 is 10.6 Å². The Balaban J connectivity index is 2.22. The summed E-state index contributed by atoms with van der Waals surface area (Å²) >= 11 is 0. The van der Waals surface area contributed by atoms with E-state index in [1.165, 1.54) is 9.91 Å². The topological polar surface area (TPSA) is 103 Å². The van der Waals surface area contributed by atoms with E-state index in [2.05, 4.69) is 5.10 Å². The second-order valence-corrected chi connectivity index (χ2v) is 4.98. The minimum atomic E-state index is -0.675. The largest absolute Gasteiger partial charge is 0.368 e. The van der Waals surface area contributed by atoms with Crippen LogP contribution in [0.1, 0.15) is 12.8 Å². The highest BCUT2D eigenvalue weighted by Crippen LogP contribution is 2.24. The number of primary amides is 1. The molecule has 1 unspecified atom stereocenters. The van der Waals surface area contributed by atoms with Crippen LogP contribution in [0.5, 0.6) is 0 Å². The molecule has 0 radical (unpaired) electrons. The number of hydrogen-bond acceptors (Lipinski definition) is 5. The molecule has 1 aliphatic rings. The van der Waals surface area contributed by atoms with Crippen molar-refractivity contribution >= 4 is 23.2 Å². The maximum Gasteiger partial charge on any atom is 0.269 e. The van der Waals surface area contributed by atoms with E-state index in [0.717, 1.165) is 0 Å². The smallest absolute Gasteiger partial charge is 0.269 e. The molecule has 0 saturated carbocycles. The second-order valence-electron chi connectivity index (χ2n) is 4.98. The van der Waals surface area contributed by atoms with Crippen molar-refractivity contribution < 1.29 is 9.59 Å². The van der Waals surface area contributed by atoms with Crippen LogP contribution < -0.4 is 10.7 Å². The highest BCUT2D eigenvalue weighted by molar-refractivity contribution is 6.40. The Morgan fingerprint density at radius 3 is 2.73 bits per heavy atom. The summed E-state index contributed by atoms with van der Waals surface area (Å²) in [4.78, 5) is 25.4. The van der Waals surface area contributed by atoms with Crippen LogP contribution in [0.2, 0.25) is 0 Å².